The zero-order valence-corrected chi connectivity index (χ0v) is 12.3. The fourth-order valence-electron chi connectivity index (χ4n) is 2.08. The van der Waals surface area contributed by atoms with Crippen molar-refractivity contribution in [3.63, 3.8) is 0 Å². The maximum absolute atomic E-state index is 5.92. The summed E-state index contributed by atoms with van der Waals surface area (Å²) in [5, 5.41) is 3.44. The summed E-state index contributed by atoms with van der Waals surface area (Å²) in [7, 11) is 0. The second-order valence-electron chi connectivity index (χ2n) is 5.16. The van der Waals surface area contributed by atoms with Crippen molar-refractivity contribution in [1.82, 2.24) is 5.32 Å². The van der Waals surface area contributed by atoms with Crippen LogP contribution >= 0.6 is 0 Å². The lowest BCUT2D eigenvalue weighted by atomic mass is 10.1. The molecule has 1 atom stereocenters. The summed E-state index contributed by atoms with van der Waals surface area (Å²) in [6.07, 6.45) is 4.05. The fraction of sp³-hybridized carbons (Fsp3) is 0.625. The van der Waals surface area contributed by atoms with Crippen LogP contribution in [0.2, 0.25) is 0 Å². The molecular formula is C16H27NO. The predicted octanol–water partition coefficient (Wildman–Crippen LogP) is 3.85. The Kier molecular flexibility index (Phi) is 6.81. The van der Waals surface area contributed by atoms with Gasteiger partial charge < -0.3 is 10.1 Å². The van der Waals surface area contributed by atoms with E-state index >= 15 is 0 Å². The average Bonchev–Trinajstić information content (AvgIpc) is 2.27. The van der Waals surface area contributed by atoms with Gasteiger partial charge in [0.1, 0.15) is 11.9 Å². The van der Waals surface area contributed by atoms with E-state index in [1.54, 1.807) is 0 Å². The van der Waals surface area contributed by atoms with E-state index in [0.717, 1.165) is 18.8 Å². The van der Waals surface area contributed by atoms with E-state index in [-0.39, 0.29) is 6.10 Å². The molecule has 0 spiro atoms. The van der Waals surface area contributed by atoms with Gasteiger partial charge in [-0.2, -0.15) is 0 Å². The highest BCUT2D eigenvalue weighted by molar-refractivity contribution is 5.33. The topological polar surface area (TPSA) is 21.3 Å². The molecular weight excluding hydrogens is 222 g/mol. The Hall–Kier alpha value is -1.02. The van der Waals surface area contributed by atoms with Crippen LogP contribution in [0.4, 0.5) is 0 Å². The third kappa shape index (κ3) is 6.06. The van der Waals surface area contributed by atoms with E-state index in [1.165, 1.54) is 30.4 Å². The molecule has 2 nitrogen and oxygen atoms in total. The second kappa shape index (κ2) is 8.15. The first kappa shape index (κ1) is 15.0. The van der Waals surface area contributed by atoms with E-state index in [0.29, 0.717) is 0 Å². The molecule has 1 rings (SSSR count). The summed E-state index contributed by atoms with van der Waals surface area (Å²) >= 11 is 0. The highest BCUT2D eigenvalue weighted by Gasteiger charge is 2.04. The van der Waals surface area contributed by atoms with Gasteiger partial charge >= 0.3 is 0 Å². The van der Waals surface area contributed by atoms with Crippen molar-refractivity contribution in [1.29, 1.82) is 0 Å². The van der Waals surface area contributed by atoms with Crippen LogP contribution < -0.4 is 10.1 Å². The predicted molar refractivity (Wildman–Crippen MR) is 78.4 cm³/mol. The van der Waals surface area contributed by atoms with E-state index in [2.05, 4.69) is 51.2 Å². The Morgan fingerprint density at radius 3 is 2.39 bits per heavy atom. The number of aryl methyl sites for hydroxylation is 2. The van der Waals surface area contributed by atoms with Crippen molar-refractivity contribution in [2.24, 2.45) is 0 Å². The Balaban J connectivity index is 2.28. The fourth-order valence-corrected chi connectivity index (χ4v) is 2.08. The van der Waals surface area contributed by atoms with Gasteiger partial charge in [0.25, 0.3) is 0 Å². The normalized spacial score (nSPS) is 12.4. The van der Waals surface area contributed by atoms with E-state index in [4.69, 9.17) is 4.74 Å². The van der Waals surface area contributed by atoms with Crippen molar-refractivity contribution in [3.05, 3.63) is 29.3 Å². The van der Waals surface area contributed by atoms with Gasteiger partial charge in [0.05, 0.1) is 0 Å². The maximum atomic E-state index is 5.92. The molecule has 1 N–H and O–H groups in total. The van der Waals surface area contributed by atoms with E-state index < -0.39 is 0 Å². The van der Waals surface area contributed by atoms with E-state index in [1.807, 2.05) is 0 Å². The van der Waals surface area contributed by atoms with Crippen LogP contribution in [0.15, 0.2) is 18.2 Å². The smallest absolute Gasteiger partial charge is 0.120 e. The molecule has 1 aromatic carbocycles. The molecule has 0 saturated carbocycles. The summed E-state index contributed by atoms with van der Waals surface area (Å²) in [4.78, 5) is 0. The third-order valence-corrected chi connectivity index (χ3v) is 2.92. The molecule has 0 radical (unpaired) electrons. The Morgan fingerprint density at radius 2 is 1.78 bits per heavy atom. The standard InChI is InChI=1S/C16H27NO/c1-5-6-7-8-17-12-15(4)18-16-10-13(2)9-14(3)11-16/h9-11,15,17H,5-8,12H2,1-4H3. The first-order chi connectivity index (χ1) is 8.61. The van der Waals surface area contributed by atoms with Crippen LogP contribution in [0.25, 0.3) is 0 Å². The van der Waals surface area contributed by atoms with Gasteiger partial charge in [-0.25, -0.2) is 0 Å². The van der Waals surface area contributed by atoms with Crippen molar-refractivity contribution >= 4 is 0 Å². The number of nitrogens with one attached hydrogen (secondary N) is 1. The minimum atomic E-state index is 0.216. The van der Waals surface area contributed by atoms with Crippen LogP contribution in [0.3, 0.4) is 0 Å². The molecule has 0 fully saturated rings. The number of hydrogen-bond acceptors (Lipinski definition) is 2. The summed E-state index contributed by atoms with van der Waals surface area (Å²) in [5.74, 6) is 0.982. The first-order valence-corrected chi connectivity index (χ1v) is 7.07. The molecule has 102 valence electrons. The molecule has 0 aliphatic carbocycles. The monoisotopic (exact) mass is 249 g/mol. The molecule has 1 unspecified atom stereocenters. The Morgan fingerprint density at radius 1 is 1.11 bits per heavy atom. The minimum Gasteiger partial charge on any atom is -0.489 e. The van der Waals surface area contributed by atoms with Gasteiger partial charge in [-0.15, -0.1) is 0 Å². The molecule has 0 aromatic heterocycles. The van der Waals surface area contributed by atoms with Gasteiger partial charge in [0.15, 0.2) is 0 Å². The molecule has 0 heterocycles. The molecule has 0 bridgehead atoms. The Labute approximate surface area is 112 Å². The number of ether oxygens (including phenoxy) is 1. The zero-order chi connectivity index (χ0) is 13.4. The third-order valence-electron chi connectivity index (χ3n) is 2.92. The lowest BCUT2D eigenvalue weighted by Gasteiger charge is -2.16. The van der Waals surface area contributed by atoms with Crippen LogP contribution in [0.5, 0.6) is 5.75 Å². The SMILES string of the molecule is CCCCCNCC(C)Oc1cc(C)cc(C)c1. The number of benzene rings is 1. The molecule has 0 aliphatic heterocycles. The van der Waals surface area contributed by atoms with Crippen molar-refractivity contribution < 1.29 is 4.74 Å². The maximum Gasteiger partial charge on any atom is 0.120 e. The number of hydrogen-bond donors (Lipinski definition) is 1. The largest absolute Gasteiger partial charge is 0.489 e. The van der Waals surface area contributed by atoms with E-state index in [9.17, 15) is 0 Å². The Bertz CT molecular complexity index is 329. The average molecular weight is 249 g/mol. The second-order valence-corrected chi connectivity index (χ2v) is 5.16. The minimum absolute atomic E-state index is 0.216. The summed E-state index contributed by atoms with van der Waals surface area (Å²) in [6.45, 7) is 10.6. The number of rotatable bonds is 8. The highest BCUT2D eigenvalue weighted by Crippen LogP contribution is 2.17. The van der Waals surface area contributed by atoms with Crippen LogP contribution in [-0.4, -0.2) is 19.2 Å². The van der Waals surface area contributed by atoms with Crippen LogP contribution in [0, 0.1) is 13.8 Å². The van der Waals surface area contributed by atoms with Gasteiger partial charge in [-0.3, -0.25) is 0 Å². The molecule has 0 aliphatic rings. The quantitative estimate of drug-likeness (QED) is 0.707. The summed E-state index contributed by atoms with van der Waals surface area (Å²) in [5.41, 5.74) is 2.52. The number of unbranched alkanes of at least 4 members (excludes halogenated alkanes) is 2. The lowest BCUT2D eigenvalue weighted by Crippen LogP contribution is -2.29. The summed E-state index contributed by atoms with van der Waals surface area (Å²) in [6, 6.07) is 6.36. The molecule has 0 saturated heterocycles. The molecule has 0 amide bonds. The van der Waals surface area contributed by atoms with Gasteiger partial charge in [0.2, 0.25) is 0 Å². The lowest BCUT2D eigenvalue weighted by molar-refractivity contribution is 0.217. The van der Waals surface area contributed by atoms with Gasteiger partial charge in [0, 0.05) is 6.54 Å². The van der Waals surface area contributed by atoms with Crippen LogP contribution in [-0.2, 0) is 0 Å². The molecule has 18 heavy (non-hydrogen) atoms. The zero-order valence-electron chi connectivity index (χ0n) is 12.3. The first-order valence-electron chi connectivity index (χ1n) is 7.07. The highest BCUT2D eigenvalue weighted by atomic mass is 16.5. The molecule has 2 heteroatoms. The van der Waals surface area contributed by atoms with Crippen molar-refractivity contribution in [2.45, 2.75) is 53.1 Å². The summed E-state index contributed by atoms with van der Waals surface area (Å²) < 4.78 is 5.92. The van der Waals surface area contributed by atoms with Crippen LogP contribution in [0.1, 0.15) is 44.2 Å². The molecule has 1 aromatic rings. The van der Waals surface area contributed by atoms with Gasteiger partial charge in [-0.05, 0) is 57.0 Å². The van der Waals surface area contributed by atoms with Crippen molar-refractivity contribution in [3.8, 4) is 5.75 Å². The van der Waals surface area contributed by atoms with Gasteiger partial charge in [-0.1, -0.05) is 25.8 Å². The van der Waals surface area contributed by atoms with Crippen molar-refractivity contribution in [2.75, 3.05) is 13.1 Å².